The lowest BCUT2D eigenvalue weighted by Crippen LogP contribution is -2.47. The number of amidine groups is 1. The molecule has 0 radical (unpaired) electrons. The van der Waals surface area contributed by atoms with E-state index in [2.05, 4.69) is 19.0 Å². The Balaban J connectivity index is 2.85. The third-order valence-corrected chi connectivity index (χ3v) is 3.79. The molecule has 1 fully saturated rings. The minimum Gasteiger partial charge on any atom is -0.409 e. The Morgan fingerprint density at radius 3 is 2.42 bits per heavy atom. The van der Waals surface area contributed by atoms with Crippen molar-refractivity contribution in [2.45, 2.75) is 58.9 Å². The third kappa shape index (κ3) is 4.11. The number of hydrogen-bond acceptors (Lipinski definition) is 3. The summed E-state index contributed by atoms with van der Waals surface area (Å²) in [6.07, 6.45) is 5.09. The molecule has 1 aliphatic rings. The molecule has 0 saturated heterocycles. The van der Waals surface area contributed by atoms with Crippen LogP contribution in [0.15, 0.2) is 5.16 Å². The van der Waals surface area contributed by atoms with Crippen LogP contribution in [0.4, 0.5) is 0 Å². The van der Waals surface area contributed by atoms with Gasteiger partial charge in [-0.25, -0.2) is 0 Å². The number of carbonyl (C=O) groups excluding carboxylic acids is 1. The lowest BCUT2D eigenvalue weighted by atomic mass is 10.0. The summed E-state index contributed by atoms with van der Waals surface area (Å²) < 4.78 is 0. The Kier molecular flexibility index (Phi) is 6.12. The van der Waals surface area contributed by atoms with Crippen molar-refractivity contribution in [2.24, 2.45) is 22.7 Å². The molecule has 0 aromatic rings. The topological polar surface area (TPSA) is 78.9 Å². The molecule has 1 saturated carbocycles. The van der Waals surface area contributed by atoms with Crippen molar-refractivity contribution < 1.29 is 10.0 Å². The monoisotopic (exact) mass is 269 g/mol. The van der Waals surface area contributed by atoms with Gasteiger partial charge in [-0.2, -0.15) is 0 Å². The number of nitrogens with zero attached hydrogens (tertiary/aromatic N) is 2. The zero-order valence-electron chi connectivity index (χ0n) is 12.3. The van der Waals surface area contributed by atoms with Gasteiger partial charge in [0.25, 0.3) is 0 Å². The lowest BCUT2D eigenvalue weighted by molar-refractivity contribution is -0.136. The molecular formula is C14H27N3O2. The molecular weight excluding hydrogens is 242 g/mol. The zero-order chi connectivity index (χ0) is 14.4. The second-order valence-electron chi connectivity index (χ2n) is 5.81. The maximum absolute atomic E-state index is 12.7. The minimum absolute atomic E-state index is 0.0124. The Morgan fingerprint density at radius 1 is 1.42 bits per heavy atom. The van der Waals surface area contributed by atoms with Gasteiger partial charge < -0.3 is 15.8 Å². The molecule has 1 unspecified atom stereocenters. The first-order valence-electron chi connectivity index (χ1n) is 7.29. The van der Waals surface area contributed by atoms with Crippen LogP contribution >= 0.6 is 0 Å². The van der Waals surface area contributed by atoms with Crippen LogP contribution in [-0.2, 0) is 4.79 Å². The number of amides is 1. The van der Waals surface area contributed by atoms with Crippen LogP contribution in [0.3, 0.4) is 0 Å². The second kappa shape index (κ2) is 7.36. The fraction of sp³-hybridized carbons (Fsp3) is 0.857. The summed E-state index contributed by atoms with van der Waals surface area (Å²) >= 11 is 0. The van der Waals surface area contributed by atoms with E-state index in [1.165, 1.54) is 12.8 Å². The standard InChI is InChI=1S/C14H27N3O2/c1-4-12(13(15)16-19)14(18)17(9-10(2)3)11-7-5-6-8-11/h10-12,19H,4-9H2,1-3H3,(H2,15,16). The molecule has 0 spiro atoms. The highest BCUT2D eigenvalue weighted by Crippen LogP contribution is 2.26. The van der Waals surface area contributed by atoms with Crippen molar-refractivity contribution in [3.63, 3.8) is 0 Å². The normalized spacial score (nSPS) is 18.8. The van der Waals surface area contributed by atoms with E-state index in [9.17, 15) is 4.79 Å². The van der Waals surface area contributed by atoms with Crippen molar-refractivity contribution in [2.75, 3.05) is 6.54 Å². The molecule has 1 rings (SSSR count). The van der Waals surface area contributed by atoms with Crippen LogP contribution in [0.2, 0.25) is 0 Å². The number of oxime groups is 1. The number of rotatable bonds is 6. The Morgan fingerprint density at radius 2 is 2.00 bits per heavy atom. The Bertz CT molecular complexity index is 323. The van der Waals surface area contributed by atoms with Crippen LogP contribution in [0.1, 0.15) is 52.9 Å². The Hall–Kier alpha value is -1.26. The SMILES string of the molecule is CCC(C(=O)N(CC(C)C)C1CCCC1)C(N)=NO. The quantitative estimate of drug-likeness (QED) is 0.336. The smallest absolute Gasteiger partial charge is 0.233 e. The summed E-state index contributed by atoms with van der Waals surface area (Å²) in [7, 11) is 0. The molecule has 19 heavy (non-hydrogen) atoms. The van der Waals surface area contributed by atoms with Gasteiger partial charge in [0.15, 0.2) is 5.84 Å². The number of carbonyl (C=O) groups is 1. The summed E-state index contributed by atoms with van der Waals surface area (Å²) in [4.78, 5) is 14.6. The molecule has 5 heteroatoms. The molecule has 0 aromatic heterocycles. The lowest BCUT2D eigenvalue weighted by Gasteiger charge is -2.33. The predicted molar refractivity (Wildman–Crippen MR) is 76.0 cm³/mol. The molecule has 1 atom stereocenters. The molecule has 5 nitrogen and oxygen atoms in total. The minimum atomic E-state index is -0.496. The zero-order valence-corrected chi connectivity index (χ0v) is 12.3. The van der Waals surface area contributed by atoms with Crippen LogP contribution in [0.25, 0.3) is 0 Å². The van der Waals surface area contributed by atoms with Crippen molar-refractivity contribution in [1.82, 2.24) is 4.90 Å². The van der Waals surface area contributed by atoms with E-state index in [-0.39, 0.29) is 11.7 Å². The summed E-state index contributed by atoms with van der Waals surface area (Å²) in [6, 6.07) is 0.329. The van der Waals surface area contributed by atoms with E-state index in [1.54, 1.807) is 0 Å². The van der Waals surface area contributed by atoms with Gasteiger partial charge in [0.2, 0.25) is 5.91 Å². The molecule has 0 aliphatic heterocycles. The van der Waals surface area contributed by atoms with Gasteiger partial charge in [0.05, 0.1) is 5.92 Å². The molecule has 0 bridgehead atoms. The van der Waals surface area contributed by atoms with Gasteiger partial charge in [0, 0.05) is 12.6 Å². The van der Waals surface area contributed by atoms with Crippen molar-refractivity contribution >= 4 is 11.7 Å². The van der Waals surface area contributed by atoms with Crippen LogP contribution in [0.5, 0.6) is 0 Å². The van der Waals surface area contributed by atoms with Crippen molar-refractivity contribution in [3.8, 4) is 0 Å². The summed E-state index contributed by atoms with van der Waals surface area (Å²) in [5.74, 6) is -0.0312. The van der Waals surface area contributed by atoms with Crippen molar-refractivity contribution in [1.29, 1.82) is 0 Å². The first-order chi connectivity index (χ1) is 9.01. The highest BCUT2D eigenvalue weighted by atomic mass is 16.4. The van der Waals surface area contributed by atoms with E-state index < -0.39 is 5.92 Å². The van der Waals surface area contributed by atoms with Gasteiger partial charge in [-0.05, 0) is 25.2 Å². The summed E-state index contributed by atoms with van der Waals surface area (Å²) in [5.41, 5.74) is 5.65. The van der Waals surface area contributed by atoms with Crippen LogP contribution < -0.4 is 5.73 Å². The molecule has 0 aromatic carbocycles. The average molecular weight is 269 g/mol. The van der Waals surface area contributed by atoms with Gasteiger partial charge in [-0.3, -0.25) is 4.79 Å². The van der Waals surface area contributed by atoms with Gasteiger partial charge in [0.1, 0.15) is 0 Å². The maximum Gasteiger partial charge on any atom is 0.233 e. The molecule has 1 aliphatic carbocycles. The van der Waals surface area contributed by atoms with E-state index in [0.717, 1.165) is 19.4 Å². The predicted octanol–water partition coefficient (Wildman–Crippen LogP) is 2.19. The van der Waals surface area contributed by atoms with Gasteiger partial charge in [-0.15, -0.1) is 0 Å². The van der Waals surface area contributed by atoms with Crippen LogP contribution in [-0.4, -0.2) is 34.4 Å². The summed E-state index contributed by atoms with van der Waals surface area (Å²) in [6.45, 7) is 6.86. The van der Waals surface area contributed by atoms with E-state index >= 15 is 0 Å². The highest BCUT2D eigenvalue weighted by Gasteiger charge is 2.32. The van der Waals surface area contributed by atoms with Crippen molar-refractivity contribution in [3.05, 3.63) is 0 Å². The first-order valence-corrected chi connectivity index (χ1v) is 7.29. The fourth-order valence-electron chi connectivity index (χ4n) is 2.81. The fourth-order valence-corrected chi connectivity index (χ4v) is 2.81. The van der Waals surface area contributed by atoms with E-state index in [4.69, 9.17) is 10.9 Å². The molecule has 3 N–H and O–H groups in total. The van der Waals surface area contributed by atoms with Crippen LogP contribution in [0, 0.1) is 11.8 Å². The van der Waals surface area contributed by atoms with Gasteiger partial charge in [-0.1, -0.05) is 38.8 Å². The highest BCUT2D eigenvalue weighted by molar-refractivity contribution is 6.02. The first kappa shape index (κ1) is 15.8. The van der Waals surface area contributed by atoms with E-state index in [1.807, 2.05) is 11.8 Å². The molecule has 0 heterocycles. The summed E-state index contributed by atoms with van der Waals surface area (Å²) in [5, 5.41) is 11.8. The molecule has 110 valence electrons. The maximum atomic E-state index is 12.7. The van der Waals surface area contributed by atoms with E-state index in [0.29, 0.717) is 18.4 Å². The largest absolute Gasteiger partial charge is 0.409 e. The number of hydrogen-bond donors (Lipinski definition) is 2. The molecule has 1 amide bonds. The second-order valence-corrected chi connectivity index (χ2v) is 5.81. The third-order valence-electron chi connectivity index (χ3n) is 3.79. The van der Waals surface area contributed by atoms with Gasteiger partial charge >= 0.3 is 0 Å². The average Bonchev–Trinajstić information content (AvgIpc) is 2.89. The Labute approximate surface area is 115 Å². The number of nitrogens with two attached hydrogens (primary N) is 1.